The number of ether oxygens (including phenoxy) is 1. The van der Waals surface area contributed by atoms with Crippen molar-refractivity contribution in [2.45, 2.75) is 45.6 Å². The second kappa shape index (κ2) is 5.22. The third-order valence-corrected chi connectivity index (χ3v) is 3.83. The summed E-state index contributed by atoms with van der Waals surface area (Å²) < 4.78 is 5.89. The Hall–Kier alpha value is -1.16. The molecule has 0 bridgehead atoms. The molecule has 0 radical (unpaired) electrons. The van der Waals surface area contributed by atoms with E-state index < -0.39 is 0 Å². The maximum Gasteiger partial charge on any atom is 0.213 e. The van der Waals surface area contributed by atoms with Gasteiger partial charge in [0.05, 0.1) is 0 Å². The van der Waals surface area contributed by atoms with Crippen molar-refractivity contribution in [1.82, 2.24) is 4.98 Å². The van der Waals surface area contributed by atoms with Crippen molar-refractivity contribution in [2.75, 3.05) is 0 Å². The smallest absolute Gasteiger partial charge is 0.213 e. The van der Waals surface area contributed by atoms with Crippen molar-refractivity contribution >= 4 is 17.2 Å². The Morgan fingerprint density at radius 2 is 2.06 bits per heavy atom. The molecular formula is C14H20N2OS. The second-order valence-electron chi connectivity index (χ2n) is 5.73. The molecule has 0 saturated heterocycles. The number of nitrogens with two attached hydrogens (primary N) is 1. The number of rotatable bonds is 3. The molecule has 0 unspecified atom stereocenters. The van der Waals surface area contributed by atoms with Gasteiger partial charge in [0.1, 0.15) is 11.1 Å². The Balaban J connectivity index is 1.92. The predicted octanol–water partition coefficient (Wildman–Crippen LogP) is 3.06. The van der Waals surface area contributed by atoms with Gasteiger partial charge in [-0.3, -0.25) is 0 Å². The molecule has 0 aromatic carbocycles. The summed E-state index contributed by atoms with van der Waals surface area (Å²) in [5.74, 6) is 0.666. The van der Waals surface area contributed by atoms with Crippen LogP contribution in [0.1, 0.15) is 45.1 Å². The zero-order chi connectivity index (χ0) is 13.2. The Morgan fingerprint density at radius 3 is 2.56 bits per heavy atom. The highest BCUT2D eigenvalue weighted by atomic mass is 32.1. The Labute approximate surface area is 114 Å². The molecule has 1 aliphatic carbocycles. The summed E-state index contributed by atoms with van der Waals surface area (Å²) in [5, 5.41) is 0. The summed E-state index contributed by atoms with van der Waals surface area (Å²) >= 11 is 4.89. The second-order valence-corrected chi connectivity index (χ2v) is 6.17. The van der Waals surface area contributed by atoms with Gasteiger partial charge < -0.3 is 10.5 Å². The molecule has 1 aromatic rings. The summed E-state index contributed by atoms with van der Waals surface area (Å²) in [4.78, 5) is 4.61. The number of nitrogens with zero attached hydrogens (tertiary/aromatic N) is 1. The van der Waals surface area contributed by atoms with Gasteiger partial charge in [0.15, 0.2) is 0 Å². The molecule has 1 aromatic heterocycles. The number of hydrogen-bond donors (Lipinski definition) is 1. The molecule has 0 spiro atoms. The fourth-order valence-corrected chi connectivity index (χ4v) is 2.38. The fraction of sp³-hybridized carbons (Fsp3) is 0.571. The van der Waals surface area contributed by atoms with Gasteiger partial charge in [-0.15, -0.1) is 0 Å². The molecule has 2 N–H and O–H groups in total. The van der Waals surface area contributed by atoms with Crippen molar-refractivity contribution in [1.29, 1.82) is 0 Å². The largest absolute Gasteiger partial charge is 0.474 e. The molecule has 0 atom stereocenters. The van der Waals surface area contributed by atoms with Gasteiger partial charge in [-0.2, -0.15) is 0 Å². The minimum absolute atomic E-state index is 0.293. The molecule has 18 heavy (non-hydrogen) atoms. The molecule has 1 fully saturated rings. The van der Waals surface area contributed by atoms with E-state index in [-0.39, 0.29) is 0 Å². The third kappa shape index (κ3) is 3.42. The van der Waals surface area contributed by atoms with E-state index in [0.717, 1.165) is 18.4 Å². The molecule has 98 valence electrons. The van der Waals surface area contributed by atoms with Crippen LogP contribution in [0.2, 0.25) is 0 Å². The van der Waals surface area contributed by atoms with E-state index in [4.69, 9.17) is 22.7 Å². The zero-order valence-corrected chi connectivity index (χ0v) is 11.8. The average Bonchev–Trinajstić information content (AvgIpc) is 2.33. The molecular weight excluding hydrogens is 244 g/mol. The molecule has 2 rings (SSSR count). The van der Waals surface area contributed by atoms with Gasteiger partial charge in [-0.25, -0.2) is 4.98 Å². The standard InChI is InChI=1S/C14H20N2OS/c1-14(2)7-5-11(6-8-14)17-12-4-3-10(9-16-12)13(15)18/h3-4,9,11H,5-8H2,1-2H3,(H2,15,18). The zero-order valence-electron chi connectivity index (χ0n) is 11.0. The Bertz CT molecular complexity index is 418. The van der Waals surface area contributed by atoms with E-state index in [1.165, 1.54) is 12.8 Å². The topological polar surface area (TPSA) is 48.1 Å². The summed E-state index contributed by atoms with van der Waals surface area (Å²) in [6.07, 6.45) is 6.59. The molecule has 3 nitrogen and oxygen atoms in total. The van der Waals surface area contributed by atoms with Crippen molar-refractivity contribution in [3.05, 3.63) is 23.9 Å². The van der Waals surface area contributed by atoms with Crippen LogP contribution in [0, 0.1) is 5.41 Å². The van der Waals surface area contributed by atoms with E-state index in [2.05, 4.69) is 18.8 Å². The number of aromatic nitrogens is 1. The molecule has 4 heteroatoms. The van der Waals surface area contributed by atoms with E-state index in [1.807, 2.05) is 12.1 Å². The highest BCUT2D eigenvalue weighted by Gasteiger charge is 2.27. The number of thiocarbonyl (C=S) groups is 1. The van der Waals surface area contributed by atoms with Crippen LogP contribution in [0.25, 0.3) is 0 Å². The van der Waals surface area contributed by atoms with Gasteiger partial charge in [-0.05, 0) is 37.2 Å². The van der Waals surface area contributed by atoms with Crippen LogP contribution in [-0.2, 0) is 0 Å². The Kier molecular flexibility index (Phi) is 3.85. The maximum atomic E-state index is 5.89. The van der Waals surface area contributed by atoms with Crippen molar-refractivity contribution in [2.24, 2.45) is 11.1 Å². The maximum absolute atomic E-state index is 5.89. The van der Waals surface area contributed by atoms with Crippen LogP contribution in [0.3, 0.4) is 0 Å². The first kappa shape index (κ1) is 13.3. The van der Waals surface area contributed by atoms with E-state index >= 15 is 0 Å². The Morgan fingerprint density at radius 1 is 1.39 bits per heavy atom. The van der Waals surface area contributed by atoms with Crippen LogP contribution >= 0.6 is 12.2 Å². The monoisotopic (exact) mass is 264 g/mol. The summed E-state index contributed by atoms with van der Waals surface area (Å²) in [6.45, 7) is 4.64. The molecule has 1 aliphatic rings. The highest BCUT2D eigenvalue weighted by molar-refractivity contribution is 7.80. The van der Waals surface area contributed by atoms with Crippen LogP contribution in [0.15, 0.2) is 18.3 Å². The summed E-state index contributed by atoms with van der Waals surface area (Å²) in [7, 11) is 0. The van der Waals surface area contributed by atoms with Gasteiger partial charge in [0.2, 0.25) is 5.88 Å². The minimum atomic E-state index is 0.293. The lowest BCUT2D eigenvalue weighted by atomic mass is 9.76. The first-order chi connectivity index (χ1) is 8.46. The SMILES string of the molecule is CC1(C)CCC(Oc2ccc(C(N)=S)cn2)CC1. The average molecular weight is 264 g/mol. The summed E-state index contributed by atoms with van der Waals surface area (Å²) in [5.41, 5.74) is 6.77. The number of pyridine rings is 1. The van der Waals surface area contributed by atoms with Gasteiger partial charge in [-0.1, -0.05) is 26.1 Å². The summed E-state index contributed by atoms with van der Waals surface area (Å²) in [6, 6.07) is 3.70. The highest BCUT2D eigenvalue weighted by Crippen LogP contribution is 2.36. The first-order valence-electron chi connectivity index (χ1n) is 6.39. The van der Waals surface area contributed by atoms with Crippen LogP contribution in [0.4, 0.5) is 0 Å². The van der Waals surface area contributed by atoms with Gasteiger partial charge in [0.25, 0.3) is 0 Å². The van der Waals surface area contributed by atoms with Crippen molar-refractivity contribution in [3.8, 4) is 5.88 Å². The van der Waals surface area contributed by atoms with E-state index in [1.54, 1.807) is 6.20 Å². The van der Waals surface area contributed by atoms with Gasteiger partial charge >= 0.3 is 0 Å². The van der Waals surface area contributed by atoms with E-state index in [9.17, 15) is 0 Å². The number of hydrogen-bond acceptors (Lipinski definition) is 3. The predicted molar refractivity (Wildman–Crippen MR) is 76.8 cm³/mol. The van der Waals surface area contributed by atoms with Gasteiger partial charge in [0, 0.05) is 17.8 Å². The quantitative estimate of drug-likeness (QED) is 0.852. The van der Waals surface area contributed by atoms with Crippen LogP contribution in [0.5, 0.6) is 5.88 Å². The normalized spacial score (nSPS) is 19.4. The molecule has 1 heterocycles. The molecule has 0 amide bonds. The van der Waals surface area contributed by atoms with Crippen molar-refractivity contribution < 1.29 is 4.74 Å². The molecule has 1 saturated carbocycles. The fourth-order valence-electron chi connectivity index (χ4n) is 2.26. The minimum Gasteiger partial charge on any atom is -0.474 e. The molecule has 0 aliphatic heterocycles. The first-order valence-corrected chi connectivity index (χ1v) is 6.80. The van der Waals surface area contributed by atoms with Crippen molar-refractivity contribution in [3.63, 3.8) is 0 Å². The van der Waals surface area contributed by atoms with Crippen LogP contribution in [-0.4, -0.2) is 16.1 Å². The third-order valence-electron chi connectivity index (χ3n) is 3.59. The lowest BCUT2D eigenvalue weighted by Crippen LogP contribution is -2.28. The lowest BCUT2D eigenvalue weighted by molar-refractivity contribution is 0.0949. The van der Waals surface area contributed by atoms with Crippen LogP contribution < -0.4 is 10.5 Å². The lowest BCUT2D eigenvalue weighted by Gasteiger charge is -2.34. The van der Waals surface area contributed by atoms with E-state index in [0.29, 0.717) is 22.4 Å².